The van der Waals surface area contributed by atoms with Crippen molar-refractivity contribution in [1.29, 1.82) is 0 Å². The van der Waals surface area contributed by atoms with Crippen LogP contribution in [0.4, 0.5) is 0 Å². The van der Waals surface area contributed by atoms with Crippen molar-refractivity contribution in [3.8, 4) is 0 Å². The first-order valence-electron chi connectivity index (χ1n) is 8.67. The molecule has 0 amide bonds. The Morgan fingerprint density at radius 3 is 2.33 bits per heavy atom. The molecule has 3 aromatic rings. The minimum Gasteiger partial charge on any atom is -0.246 e. The number of aryl methyl sites for hydroxylation is 3. The maximum Gasteiger partial charge on any atom is 0.243 e. The molecular weight excluding hydrogens is 366 g/mol. The third kappa shape index (κ3) is 3.26. The lowest BCUT2D eigenvalue weighted by Crippen LogP contribution is -2.51. The second-order valence-electron chi connectivity index (χ2n) is 6.95. The van der Waals surface area contributed by atoms with E-state index in [0.717, 1.165) is 22.4 Å². The third-order valence-electron chi connectivity index (χ3n) is 4.73. The summed E-state index contributed by atoms with van der Waals surface area (Å²) in [6, 6.07) is 3.80. The number of benzene rings is 1. The Hall–Kier alpha value is -2.59. The summed E-state index contributed by atoms with van der Waals surface area (Å²) >= 11 is 0. The minimum absolute atomic E-state index is 0.0160. The number of hydrogen-bond acceptors (Lipinski definition) is 6. The van der Waals surface area contributed by atoms with E-state index < -0.39 is 10.0 Å². The van der Waals surface area contributed by atoms with Crippen LogP contribution in [0.1, 0.15) is 28.4 Å². The maximum absolute atomic E-state index is 13.0. The molecule has 142 valence electrons. The zero-order chi connectivity index (χ0) is 19.2. The standard InChI is InChI=1S/C17H21N7O2S/c1-12-6-13(2)17(14(3)7-12)27(25,26)22-10-16(11-22)23-8-15(20-21-23)9-24-18-4-5-19-24/h4-8,16H,9-11H2,1-3H3. The van der Waals surface area contributed by atoms with E-state index in [1.54, 1.807) is 17.1 Å². The molecule has 0 bridgehead atoms. The highest BCUT2D eigenvalue weighted by Gasteiger charge is 2.39. The van der Waals surface area contributed by atoms with Gasteiger partial charge in [0.2, 0.25) is 10.0 Å². The SMILES string of the molecule is Cc1cc(C)c(S(=O)(=O)N2CC(n3cc(Cn4nccn4)nn3)C2)c(C)c1. The van der Waals surface area contributed by atoms with Gasteiger partial charge in [-0.3, -0.25) is 0 Å². The average Bonchev–Trinajstić information content (AvgIpc) is 3.16. The van der Waals surface area contributed by atoms with Gasteiger partial charge in [-0.2, -0.15) is 19.3 Å². The Morgan fingerprint density at radius 2 is 1.70 bits per heavy atom. The van der Waals surface area contributed by atoms with Gasteiger partial charge in [-0.25, -0.2) is 13.1 Å². The fourth-order valence-electron chi connectivity index (χ4n) is 3.52. The fraction of sp³-hybridized carbons (Fsp3) is 0.412. The van der Waals surface area contributed by atoms with Crippen molar-refractivity contribution in [1.82, 2.24) is 34.3 Å². The van der Waals surface area contributed by atoms with E-state index in [1.165, 1.54) is 9.10 Å². The highest BCUT2D eigenvalue weighted by molar-refractivity contribution is 7.89. The summed E-state index contributed by atoms with van der Waals surface area (Å²) in [6.45, 7) is 6.87. The molecule has 0 atom stereocenters. The van der Waals surface area contributed by atoms with Crippen molar-refractivity contribution in [2.24, 2.45) is 0 Å². The number of rotatable bonds is 5. The van der Waals surface area contributed by atoms with Crippen LogP contribution in [-0.2, 0) is 16.6 Å². The van der Waals surface area contributed by atoms with Crippen molar-refractivity contribution in [2.45, 2.75) is 38.3 Å². The van der Waals surface area contributed by atoms with Gasteiger partial charge in [0.1, 0.15) is 12.2 Å². The highest BCUT2D eigenvalue weighted by atomic mass is 32.2. The average molecular weight is 387 g/mol. The van der Waals surface area contributed by atoms with E-state index in [1.807, 2.05) is 39.1 Å². The molecule has 3 heterocycles. The van der Waals surface area contributed by atoms with Gasteiger partial charge in [0.25, 0.3) is 0 Å². The molecule has 0 spiro atoms. The first-order valence-corrected chi connectivity index (χ1v) is 10.1. The molecule has 1 aliphatic heterocycles. The first kappa shape index (κ1) is 17.8. The van der Waals surface area contributed by atoms with Crippen LogP contribution < -0.4 is 0 Å². The summed E-state index contributed by atoms with van der Waals surface area (Å²) in [5.41, 5.74) is 3.36. The van der Waals surface area contributed by atoms with Crippen LogP contribution in [0.2, 0.25) is 0 Å². The number of aromatic nitrogens is 6. The molecule has 1 aliphatic rings. The molecule has 9 nitrogen and oxygen atoms in total. The molecule has 27 heavy (non-hydrogen) atoms. The van der Waals surface area contributed by atoms with Crippen molar-refractivity contribution in [2.75, 3.05) is 13.1 Å². The zero-order valence-electron chi connectivity index (χ0n) is 15.4. The molecule has 0 unspecified atom stereocenters. The van der Waals surface area contributed by atoms with Gasteiger partial charge < -0.3 is 0 Å². The minimum atomic E-state index is -3.51. The number of hydrogen-bond donors (Lipinski definition) is 0. The molecule has 0 radical (unpaired) electrons. The molecule has 0 saturated carbocycles. The monoisotopic (exact) mass is 387 g/mol. The van der Waals surface area contributed by atoms with Gasteiger partial charge >= 0.3 is 0 Å². The van der Waals surface area contributed by atoms with Gasteiger partial charge in [0.15, 0.2) is 0 Å². The maximum atomic E-state index is 13.0. The molecule has 0 aliphatic carbocycles. The Kier molecular flexibility index (Phi) is 4.31. The van der Waals surface area contributed by atoms with Gasteiger partial charge in [-0.05, 0) is 31.9 Å². The molecule has 0 N–H and O–H groups in total. The summed E-state index contributed by atoms with van der Waals surface area (Å²) in [6.07, 6.45) is 5.03. The van der Waals surface area contributed by atoms with E-state index in [4.69, 9.17) is 0 Å². The van der Waals surface area contributed by atoms with E-state index in [-0.39, 0.29) is 6.04 Å². The third-order valence-corrected chi connectivity index (χ3v) is 6.87. The van der Waals surface area contributed by atoms with Gasteiger partial charge in [-0.15, -0.1) is 5.10 Å². The molecule has 1 fully saturated rings. The molecule has 1 aromatic carbocycles. The van der Waals surface area contributed by atoms with Crippen molar-refractivity contribution in [3.63, 3.8) is 0 Å². The quantitative estimate of drug-likeness (QED) is 0.650. The van der Waals surface area contributed by atoms with Crippen LogP contribution in [-0.4, -0.2) is 55.8 Å². The lowest BCUT2D eigenvalue weighted by molar-refractivity contribution is 0.188. The Bertz CT molecular complexity index is 1040. The highest BCUT2D eigenvalue weighted by Crippen LogP contribution is 2.31. The molecule has 2 aromatic heterocycles. The molecule has 10 heteroatoms. The van der Waals surface area contributed by atoms with Crippen molar-refractivity contribution < 1.29 is 8.42 Å². The summed E-state index contributed by atoms with van der Waals surface area (Å²) in [7, 11) is -3.51. The normalized spacial score (nSPS) is 15.8. The van der Waals surface area contributed by atoms with E-state index in [2.05, 4.69) is 20.5 Å². The summed E-state index contributed by atoms with van der Waals surface area (Å²) in [4.78, 5) is 1.94. The fourth-order valence-corrected chi connectivity index (χ4v) is 5.44. The van der Waals surface area contributed by atoms with Crippen LogP contribution in [0.15, 0.2) is 35.6 Å². The van der Waals surface area contributed by atoms with Crippen LogP contribution >= 0.6 is 0 Å². The van der Waals surface area contributed by atoms with E-state index in [0.29, 0.717) is 24.5 Å². The summed E-state index contributed by atoms with van der Waals surface area (Å²) < 4.78 is 29.3. The predicted octanol–water partition coefficient (Wildman–Crippen LogP) is 1.09. The molecular formula is C17H21N7O2S. The number of sulfonamides is 1. The van der Waals surface area contributed by atoms with Gasteiger partial charge in [-0.1, -0.05) is 22.9 Å². The molecule has 1 saturated heterocycles. The zero-order valence-corrected chi connectivity index (χ0v) is 16.3. The lowest BCUT2D eigenvalue weighted by atomic mass is 10.1. The van der Waals surface area contributed by atoms with Gasteiger partial charge in [0.05, 0.1) is 29.5 Å². The predicted molar refractivity (Wildman–Crippen MR) is 97.6 cm³/mol. The summed E-state index contributed by atoms with van der Waals surface area (Å²) in [5.74, 6) is 0. The van der Waals surface area contributed by atoms with Crippen LogP contribution in [0, 0.1) is 20.8 Å². The van der Waals surface area contributed by atoms with Crippen molar-refractivity contribution in [3.05, 3.63) is 53.1 Å². The van der Waals surface area contributed by atoms with Crippen LogP contribution in [0.25, 0.3) is 0 Å². The number of nitrogens with zero attached hydrogens (tertiary/aromatic N) is 7. The summed E-state index contributed by atoms with van der Waals surface area (Å²) in [5, 5.41) is 16.3. The largest absolute Gasteiger partial charge is 0.246 e. The Morgan fingerprint density at radius 1 is 1.07 bits per heavy atom. The second kappa shape index (κ2) is 6.54. The second-order valence-corrected chi connectivity index (χ2v) is 8.83. The van der Waals surface area contributed by atoms with Crippen molar-refractivity contribution >= 4 is 10.0 Å². The van der Waals surface area contributed by atoms with Crippen LogP contribution in [0.5, 0.6) is 0 Å². The lowest BCUT2D eigenvalue weighted by Gasteiger charge is -2.38. The Balaban J connectivity index is 1.47. The van der Waals surface area contributed by atoms with E-state index in [9.17, 15) is 8.42 Å². The van der Waals surface area contributed by atoms with E-state index >= 15 is 0 Å². The van der Waals surface area contributed by atoms with Crippen LogP contribution in [0.3, 0.4) is 0 Å². The van der Waals surface area contributed by atoms with Gasteiger partial charge in [0, 0.05) is 13.1 Å². The molecule has 4 rings (SSSR count). The smallest absolute Gasteiger partial charge is 0.243 e. The first-order chi connectivity index (χ1) is 12.8. The topological polar surface area (TPSA) is 98.8 Å². The Labute approximate surface area is 157 Å².